The molecule has 0 N–H and O–H groups in total. The monoisotopic (exact) mass is 374 g/mol. The predicted molar refractivity (Wildman–Crippen MR) is 103 cm³/mol. The molecule has 3 aromatic carbocycles. The van der Waals surface area contributed by atoms with Crippen molar-refractivity contribution in [3.05, 3.63) is 48.0 Å². The molecule has 0 saturated heterocycles. The van der Waals surface area contributed by atoms with Crippen LogP contribution < -0.4 is 9.47 Å². The number of hydrogen-bond donors (Lipinski definition) is 0. The minimum atomic E-state index is -3.50. The smallest absolute Gasteiger partial charge is 0.264 e. The van der Waals surface area contributed by atoms with Crippen molar-refractivity contribution >= 4 is 31.7 Å². The number of benzene rings is 3. The van der Waals surface area contributed by atoms with Gasteiger partial charge in [-0.2, -0.15) is 8.42 Å². The van der Waals surface area contributed by atoms with Crippen LogP contribution in [0.4, 0.5) is 0 Å². The molecule has 0 saturated carbocycles. The van der Waals surface area contributed by atoms with Crippen molar-refractivity contribution in [3.8, 4) is 11.5 Å². The first-order chi connectivity index (χ1) is 12.4. The quantitative estimate of drug-likeness (QED) is 0.457. The Morgan fingerprint density at radius 2 is 1.35 bits per heavy atom. The van der Waals surface area contributed by atoms with Gasteiger partial charge < -0.3 is 9.47 Å². The van der Waals surface area contributed by atoms with Gasteiger partial charge in [0, 0.05) is 21.5 Å². The third kappa shape index (κ3) is 3.76. The molecule has 0 heterocycles. The van der Waals surface area contributed by atoms with Crippen LogP contribution in [0, 0.1) is 0 Å². The summed E-state index contributed by atoms with van der Waals surface area (Å²) in [5, 5.41) is 3.76. The Balaban J connectivity index is 2.26. The summed E-state index contributed by atoms with van der Waals surface area (Å²) in [6.07, 6.45) is 1.04. The van der Waals surface area contributed by atoms with Gasteiger partial charge >= 0.3 is 0 Å². The first-order valence-electron chi connectivity index (χ1n) is 8.52. The zero-order valence-corrected chi connectivity index (χ0v) is 15.9. The molecule has 0 atom stereocenters. The van der Waals surface area contributed by atoms with E-state index in [-0.39, 0.29) is 6.61 Å². The molecular weight excluding hydrogens is 352 g/mol. The van der Waals surface area contributed by atoms with Crippen LogP contribution in [0.5, 0.6) is 11.5 Å². The molecule has 0 aliphatic carbocycles. The highest BCUT2D eigenvalue weighted by Gasteiger charge is 2.16. The van der Waals surface area contributed by atoms with Crippen molar-refractivity contribution < 1.29 is 22.1 Å². The van der Waals surface area contributed by atoms with Gasteiger partial charge in [0.1, 0.15) is 11.5 Å². The number of rotatable bonds is 7. The molecule has 3 rings (SSSR count). The summed E-state index contributed by atoms with van der Waals surface area (Å²) >= 11 is 0. The van der Waals surface area contributed by atoms with E-state index in [0.717, 1.165) is 44.9 Å². The van der Waals surface area contributed by atoms with E-state index in [1.54, 1.807) is 0 Å². The molecule has 0 amide bonds. The average Bonchev–Trinajstić information content (AvgIpc) is 2.62. The van der Waals surface area contributed by atoms with Crippen molar-refractivity contribution in [2.75, 3.05) is 19.5 Å². The van der Waals surface area contributed by atoms with E-state index in [0.29, 0.717) is 13.2 Å². The molecule has 26 heavy (non-hydrogen) atoms. The molecule has 0 spiro atoms. The topological polar surface area (TPSA) is 61.8 Å². The molecule has 0 unspecified atom stereocenters. The van der Waals surface area contributed by atoms with Gasteiger partial charge in [-0.05, 0) is 25.5 Å². The Hall–Kier alpha value is -2.31. The van der Waals surface area contributed by atoms with E-state index in [2.05, 4.69) is 0 Å². The lowest BCUT2D eigenvalue weighted by molar-refractivity contribution is 0.311. The molecule has 0 aromatic heterocycles. The van der Waals surface area contributed by atoms with E-state index < -0.39 is 10.1 Å². The highest BCUT2D eigenvalue weighted by atomic mass is 32.2. The Morgan fingerprint density at radius 1 is 0.808 bits per heavy atom. The lowest BCUT2D eigenvalue weighted by atomic mass is 9.99. The number of fused-ring (bicyclic) bond motifs is 2. The van der Waals surface area contributed by atoms with Gasteiger partial charge in [-0.1, -0.05) is 36.4 Å². The maximum absolute atomic E-state index is 11.3. The van der Waals surface area contributed by atoms with Crippen LogP contribution in [0.3, 0.4) is 0 Å². The summed E-state index contributed by atoms with van der Waals surface area (Å²) in [6.45, 7) is 4.94. The average molecular weight is 374 g/mol. The van der Waals surface area contributed by atoms with Gasteiger partial charge in [0.25, 0.3) is 10.1 Å². The van der Waals surface area contributed by atoms with Crippen molar-refractivity contribution in [3.63, 3.8) is 0 Å². The second-order valence-electron chi connectivity index (χ2n) is 5.92. The van der Waals surface area contributed by atoms with Crippen LogP contribution in [0.2, 0.25) is 0 Å². The summed E-state index contributed by atoms with van der Waals surface area (Å²) in [4.78, 5) is 0. The van der Waals surface area contributed by atoms with E-state index in [1.165, 1.54) is 0 Å². The SMILES string of the molecule is CCOc1c2ccccc2c(OCC)c2cc(COS(C)(=O)=O)ccc12. The highest BCUT2D eigenvalue weighted by molar-refractivity contribution is 7.85. The molecule has 3 aromatic rings. The zero-order valence-electron chi connectivity index (χ0n) is 15.1. The Morgan fingerprint density at radius 3 is 1.88 bits per heavy atom. The van der Waals surface area contributed by atoms with Crippen LogP contribution in [-0.2, 0) is 20.9 Å². The normalized spacial score (nSPS) is 11.8. The third-order valence-electron chi connectivity index (χ3n) is 4.01. The van der Waals surface area contributed by atoms with Gasteiger partial charge in [0.15, 0.2) is 0 Å². The largest absolute Gasteiger partial charge is 0.493 e. The Kier molecular flexibility index (Phi) is 5.34. The summed E-state index contributed by atoms with van der Waals surface area (Å²) in [5.74, 6) is 1.57. The highest BCUT2D eigenvalue weighted by Crippen LogP contribution is 2.43. The van der Waals surface area contributed by atoms with E-state index in [4.69, 9.17) is 13.7 Å². The van der Waals surface area contributed by atoms with Crippen LogP contribution >= 0.6 is 0 Å². The molecule has 5 nitrogen and oxygen atoms in total. The summed E-state index contributed by atoms with van der Waals surface area (Å²) in [5.41, 5.74) is 0.751. The molecule has 0 aliphatic heterocycles. The van der Waals surface area contributed by atoms with Gasteiger partial charge in [-0.15, -0.1) is 0 Å². The van der Waals surface area contributed by atoms with Gasteiger partial charge in [0.2, 0.25) is 0 Å². The second kappa shape index (κ2) is 7.51. The van der Waals surface area contributed by atoms with Crippen LogP contribution in [0.25, 0.3) is 21.5 Å². The molecular formula is C20H22O5S. The van der Waals surface area contributed by atoms with Crippen LogP contribution in [0.15, 0.2) is 42.5 Å². The van der Waals surface area contributed by atoms with Crippen molar-refractivity contribution in [2.45, 2.75) is 20.5 Å². The van der Waals surface area contributed by atoms with Gasteiger partial charge in [-0.25, -0.2) is 0 Å². The third-order valence-corrected chi connectivity index (χ3v) is 4.55. The maximum Gasteiger partial charge on any atom is 0.264 e. The lowest BCUT2D eigenvalue weighted by Gasteiger charge is -2.17. The minimum absolute atomic E-state index is 0.0167. The Labute approximate surface area is 153 Å². The summed E-state index contributed by atoms with van der Waals surface area (Å²) < 4.78 is 39.4. The molecule has 0 radical (unpaired) electrons. The standard InChI is InChI=1S/C20H22O5S/c1-4-23-19-15-8-6-7-9-16(15)20(24-5-2)18-12-14(10-11-17(18)19)13-25-26(3,21)22/h6-12H,4-5,13H2,1-3H3. The van der Waals surface area contributed by atoms with E-state index in [1.807, 2.05) is 56.3 Å². The Bertz CT molecular complexity index is 1040. The van der Waals surface area contributed by atoms with Crippen LogP contribution in [0.1, 0.15) is 19.4 Å². The lowest BCUT2D eigenvalue weighted by Crippen LogP contribution is -2.03. The predicted octanol–water partition coefficient (Wildman–Crippen LogP) is 4.27. The fourth-order valence-electron chi connectivity index (χ4n) is 3.01. The number of ether oxygens (including phenoxy) is 2. The molecule has 138 valence electrons. The van der Waals surface area contributed by atoms with E-state index >= 15 is 0 Å². The van der Waals surface area contributed by atoms with Crippen molar-refractivity contribution in [1.82, 2.24) is 0 Å². The van der Waals surface area contributed by atoms with E-state index in [9.17, 15) is 8.42 Å². The molecule has 0 bridgehead atoms. The second-order valence-corrected chi connectivity index (χ2v) is 7.56. The minimum Gasteiger partial charge on any atom is -0.493 e. The summed E-state index contributed by atoms with van der Waals surface area (Å²) in [6, 6.07) is 13.6. The molecule has 0 aliphatic rings. The fourth-order valence-corrected chi connectivity index (χ4v) is 3.36. The maximum atomic E-state index is 11.3. The number of hydrogen-bond acceptors (Lipinski definition) is 5. The first kappa shape index (κ1) is 18.5. The summed E-state index contributed by atoms with van der Waals surface area (Å²) in [7, 11) is -3.50. The molecule has 0 fully saturated rings. The van der Waals surface area contributed by atoms with Crippen molar-refractivity contribution in [1.29, 1.82) is 0 Å². The van der Waals surface area contributed by atoms with Crippen LogP contribution in [-0.4, -0.2) is 27.9 Å². The first-order valence-corrected chi connectivity index (χ1v) is 10.3. The van der Waals surface area contributed by atoms with Gasteiger partial charge in [-0.3, -0.25) is 4.18 Å². The fraction of sp³-hybridized carbons (Fsp3) is 0.300. The molecule has 6 heteroatoms. The van der Waals surface area contributed by atoms with Gasteiger partial charge in [0.05, 0.1) is 26.1 Å². The van der Waals surface area contributed by atoms with Crippen molar-refractivity contribution in [2.24, 2.45) is 0 Å². The zero-order chi connectivity index (χ0) is 18.7.